The van der Waals surface area contributed by atoms with Crippen LogP contribution in [0, 0.1) is 5.92 Å². The second-order valence-corrected chi connectivity index (χ2v) is 7.00. The standard InChI is InChI=1S/C19H27N3O2/c1-2-5-17-16(4-1)20-18(21-17)14-15-6-9-22(10-7-15)11-8-19-23-12-3-13-24-19/h1-2,4-5,15,19H,3,6-14H2,(H,20,21). The minimum Gasteiger partial charge on any atom is -0.353 e. The molecule has 1 aromatic carbocycles. The number of likely N-dealkylation sites (tertiary alicyclic amines) is 1. The summed E-state index contributed by atoms with van der Waals surface area (Å²) in [5.41, 5.74) is 2.23. The van der Waals surface area contributed by atoms with E-state index in [0.29, 0.717) is 0 Å². The average molecular weight is 329 g/mol. The molecule has 0 atom stereocenters. The third kappa shape index (κ3) is 3.97. The van der Waals surface area contributed by atoms with Crippen molar-refractivity contribution in [3.63, 3.8) is 0 Å². The molecule has 2 aliphatic rings. The van der Waals surface area contributed by atoms with E-state index in [4.69, 9.17) is 14.5 Å². The SMILES string of the molecule is c1ccc2[nH]c(CC3CCN(CCC4OCCCO4)CC3)nc2c1. The molecule has 2 fully saturated rings. The number of nitrogens with one attached hydrogen (secondary N) is 1. The molecule has 0 saturated carbocycles. The van der Waals surface area contributed by atoms with Crippen LogP contribution >= 0.6 is 0 Å². The second-order valence-electron chi connectivity index (χ2n) is 7.00. The first-order valence-electron chi connectivity index (χ1n) is 9.26. The Bertz CT molecular complexity index is 610. The Kier molecular flexibility index (Phi) is 5.11. The van der Waals surface area contributed by atoms with Crippen molar-refractivity contribution in [2.45, 2.75) is 38.4 Å². The summed E-state index contributed by atoms with van der Waals surface area (Å²) in [6.45, 7) is 5.14. The van der Waals surface area contributed by atoms with E-state index in [1.54, 1.807) is 0 Å². The van der Waals surface area contributed by atoms with Crippen molar-refractivity contribution >= 4 is 11.0 Å². The molecule has 2 saturated heterocycles. The molecule has 2 aromatic rings. The number of fused-ring (bicyclic) bond motifs is 1. The lowest BCUT2D eigenvalue weighted by atomic mass is 9.93. The maximum atomic E-state index is 5.64. The molecule has 0 amide bonds. The summed E-state index contributed by atoms with van der Waals surface area (Å²) in [4.78, 5) is 10.7. The number of piperidine rings is 1. The number of hydrogen-bond donors (Lipinski definition) is 1. The fourth-order valence-electron chi connectivity index (χ4n) is 3.78. The van der Waals surface area contributed by atoms with Gasteiger partial charge in [0.05, 0.1) is 24.2 Å². The molecule has 0 bridgehead atoms. The van der Waals surface area contributed by atoms with Crippen LogP contribution in [0.5, 0.6) is 0 Å². The van der Waals surface area contributed by atoms with Gasteiger partial charge in [-0.2, -0.15) is 0 Å². The summed E-state index contributed by atoms with van der Waals surface area (Å²) in [7, 11) is 0. The van der Waals surface area contributed by atoms with E-state index >= 15 is 0 Å². The molecule has 1 N–H and O–H groups in total. The zero-order valence-corrected chi connectivity index (χ0v) is 14.2. The van der Waals surface area contributed by atoms with Gasteiger partial charge < -0.3 is 19.4 Å². The van der Waals surface area contributed by atoms with Crippen molar-refractivity contribution in [3.8, 4) is 0 Å². The number of aromatic amines is 1. The predicted octanol–water partition coefficient (Wildman–Crippen LogP) is 2.97. The highest BCUT2D eigenvalue weighted by Gasteiger charge is 2.22. The van der Waals surface area contributed by atoms with Crippen molar-refractivity contribution in [1.29, 1.82) is 0 Å². The highest BCUT2D eigenvalue weighted by molar-refractivity contribution is 5.74. The van der Waals surface area contributed by atoms with Crippen LogP contribution < -0.4 is 0 Å². The van der Waals surface area contributed by atoms with E-state index in [1.165, 1.54) is 25.9 Å². The van der Waals surface area contributed by atoms with Gasteiger partial charge in [-0.05, 0) is 50.4 Å². The number of ether oxygens (including phenoxy) is 2. The first kappa shape index (κ1) is 16.1. The third-order valence-corrected chi connectivity index (χ3v) is 5.20. The average Bonchev–Trinajstić information content (AvgIpc) is 3.04. The summed E-state index contributed by atoms with van der Waals surface area (Å²) in [6.07, 6.45) is 5.62. The van der Waals surface area contributed by atoms with Crippen LogP contribution in [0.3, 0.4) is 0 Å². The minimum absolute atomic E-state index is 0.0204. The summed E-state index contributed by atoms with van der Waals surface area (Å²) in [5.74, 6) is 1.88. The number of imidazole rings is 1. The Labute approximate surface area is 143 Å². The number of benzene rings is 1. The van der Waals surface area contributed by atoms with Crippen LogP contribution in [-0.2, 0) is 15.9 Å². The second kappa shape index (κ2) is 7.64. The molecule has 5 heteroatoms. The number of aromatic nitrogens is 2. The van der Waals surface area contributed by atoms with E-state index in [9.17, 15) is 0 Å². The molecule has 0 radical (unpaired) electrons. The van der Waals surface area contributed by atoms with Crippen LogP contribution in [0.4, 0.5) is 0 Å². The zero-order chi connectivity index (χ0) is 16.2. The van der Waals surface area contributed by atoms with Gasteiger partial charge >= 0.3 is 0 Å². The van der Waals surface area contributed by atoms with Crippen LogP contribution in [-0.4, -0.2) is 54.0 Å². The van der Waals surface area contributed by atoms with E-state index in [1.807, 2.05) is 6.07 Å². The maximum absolute atomic E-state index is 5.64. The molecule has 1 aromatic heterocycles. The number of rotatable bonds is 5. The van der Waals surface area contributed by atoms with E-state index in [0.717, 1.165) is 61.8 Å². The zero-order valence-electron chi connectivity index (χ0n) is 14.2. The Balaban J connectivity index is 1.22. The summed E-state index contributed by atoms with van der Waals surface area (Å²) in [6, 6.07) is 8.28. The summed E-state index contributed by atoms with van der Waals surface area (Å²) in [5, 5.41) is 0. The van der Waals surface area contributed by atoms with Crippen molar-refractivity contribution in [2.75, 3.05) is 32.8 Å². The van der Waals surface area contributed by atoms with Crippen molar-refractivity contribution in [3.05, 3.63) is 30.1 Å². The minimum atomic E-state index is 0.0204. The lowest BCUT2D eigenvalue weighted by molar-refractivity contribution is -0.182. The number of nitrogens with zero attached hydrogens (tertiary/aromatic N) is 2. The van der Waals surface area contributed by atoms with Crippen molar-refractivity contribution < 1.29 is 9.47 Å². The van der Waals surface area contributed by atoms with Gasteiger partial charge in [-0.15, -0.1) is 0 Å². The van der Waals surface area contributed by atoms with Gasteiger partial charge in [0.2, 0.25) is 0 Å². The lowest BCUT2D eigenvalue weighted by Crippen LogP contribution is -2.37. The van der Waals surface area contributed by atoms with Crippen molar-refractivity contribution in [2.24, 2.45) is 5.92 Å². The van der Waals surface area contributed by atoms with Gasteiger partial charge in [-0.3, -0.25) is 0 Å². The molecule has 5 nitrogen and oxygen atoms in total. The molecule has 24 heavy (non-hydrogen) atoms. The van der Waals surface area contributed by atoms with E-state index in [2.05, 4.69) is 28.1 Å². The Hall–Kier alpha value is -1.43. The third-order valence-electron chi connectivity index (χ3n) is 5.20. The van der Waals surface area contributed by atoms with E-state index < -0.39 is 0 Å². The molecule has 2 aliphatic heterocycles. The predicted molar refractivity (Wildman–Crippen MR) is 93.9 cm³/mol. The van der Waals surface area contributed by atoms with Crippen LogP contribution in [0.2, 0.25) is 0 Å². The van der Waals surface area contributed by atoms with Crippen LogP contribution in [0.15, 0.2) is 24.3 Å². The highest BCUT2D eigenvalue weighted by Crippen LogP contribution is 2.22. The fourth-order valence-corrected chi connectivity index (χ4v) is 3.78. The number of H-pyrrole nitrogens is 1. The normalized spacial score (nSPS) is 21.5. The molecule has 0 spiro atoms. The highest BCUT2D eigenvalue weighted by atomic mass is 16.7. The molecule has 130 valence electrons. The van der Waals surface area contributed by atoms with Gasteiger partial charge in [0.25, 0.3) is 0 Å². The summed E-state index contributed by atoms with van der Waals surface area (Å²) >= 11 is 0. The van der Waals surface area contributed by atoms with Gasteiger partial charge in [-0.25, -0.2) is 4.98 Å². The Morgan fingerprint density at radius 1 is 1.12 bits per heavy atom. The maximum Gasteiger partial charge on any atom is 0.158 e. The quantitative estimate of drug-likeness (QED) is 0.916. The number of hydrogen-bond acceptors (Lipinski definition) is 4. The first-order valence-corrected chi connectivity index (χ1v) is 9.26. The smallest absolute Gasteiger partial charge is 0.158 e. The largest absolute Gasteiger partial charge is 0.353 e. The molecular weight excluding hydrogens is 302 g/mol. The lowest BCUT2D eigenvalue weighted by Gasteiger charge is -2.33. The number of para-hydroxylation sites is 2. The molecule has 4 rings (SSSR count). The summed E-state index contributed by atoms with van der Waals surface area (Å²) < 4.78 is 11.3. The topological polar surface area (TPSA) is 50.4 Å². The van der Waals surface area contributed by atoms with Gasteiger partial charge in [0.15, 0.2) is 6.29 Å². The molecular formula is C19H27N3O2. The molecule has 3 heterocycles. The monoisotopic (exact) mass is 329 g/mol. The van der Waals surface area contributed by atoms with Crippen molar-refractivity contribution in [1.82, 2.24) is 14.9 Å². The van der Waals surface area contributed by atoms with Crippen LogP contribution in [0.1, 0.15) is 31.5 Å². The fraction of sp³-hybridized carbons (Fsp3) is 0.632. The first-order chi connectivity index (χ1) is 11.9. The Morgan fingerprint density at radius 2 is 1.92 bits per heavy atom. The van der Waals surface area contributed by atoms with Gasteiger partial charge in [0, 0.05) is 19.4 Å². The van der Waals surface area contributed by atoms with Gasteiger partial charge in [-0.1, -0.05) is 12.1 Å². The molecule has 0 aliphatic carbocycles. The Morgan fingerprint density at radius 3 is 2.71 bits per heavy atom. The molecule has 0 unspecified atom stereocenters. The van der Waals surface area contributed by atoms with Crippen LogP contribution in [0.25, 0.3) is 11.0 Å². The van der Waals surface area contributed by atoms with E-state index in [-0.39, 0.29) is 6.29 Å². The van der Waals surface area contributed by atoms with Gasteiger partial charge in [0.1, 0.15) is 5.82 Å².